The van der Waals surface area contributed by atoms with Crippen LogP contribution in [0.5, 0.6) is 0 Å². The van der Waals surface area contributed by atoms with Crippen molar-refractivity contribution in [3.05, 3.63) is 29.8 Å². The summed E-state index contributed by atoms with van der Waals surface area (Å²) in [6.07, 6.45) is 1.72. The minimum atomic E-state index is -4.07. The van der Waals surface area contributed by atoms with E-state index in [2.05, 4.69) is 0 Å². The van der Waals surface area contributed by atoms with Gasteiger partial charge in [0.05, 0.1) is 4.90 Å². The molecule has 15 heavy (non-hydrogen) atoms. The molecular formula is C10H14O4S. The Hall–Kier alpha value is -0.910. The van der Waals surface area contributed by atoms with Crippen molar-refractivity contribution in [3.8, 4) is 0 Å². The molecule has 1 rings (SSSR count). The van der Waals surface area contributed by atoms with Gasteiger partial charge in [0, 0.05) is 13.7 Å². The van der Waals surface area contributed by atoms with Crippen LogP contribution in [0.25, 0.3) is 0 Å². The third kappa shape index (κ3) is 3.99. The van der Waals surface area contributed by atoms with Crippen LogP contribution in [-0.4, -0.2) is 26.7 Å². The summed E-state index contributed by atoms with van der Waals surface area (Å²) < 4.78 is 35.1. The van der Waals surface area contributed by atoms with E-state index in [0.29, 0.717) is 6.61 Å². The first kappa shape index (κ1) is 12.2. The fourth-order valence-corrected chi connectivity index (χ4v) is 1.73. The summed E-state index contributed by atoms with van der Waals surface area (Å²) in [6.45, 7) is 0.681. The fourth-order valence-electron chi connectivity index (χ4n) is 1.25. The highest BCUT2D eigenvalue weighted by Gasteiger charge is 2.07. The SMILES string of the molecule is COCCCc1ccc(S(=O)(=O)O)cc1. The molecule has 0 saturated heterocycles. The molecule has 1 aromatic rings. The maximum atomic E-state index is 10.7. The number of rotatable bonds is 5. The van der Waals surface area contributed by atoms with E-state index in [-0.39, 0.29) is 4.90 Å². The Morgan fingerprint density at radius 1 is 1.27 bits per heavy atom. The fraction of sp³-hybridized carbons (Fsp3) is 0.400. The van der Waals surface area contributed by atoms with Gasteiger partial charge in [-0.15, -0.1) is 0 Å². The Bertz CT molecular complexity index is 394. The number of hydrogen-bond donors (Lipinski definition) is 1. The first-order valence-corrected chi connectivity index (χ1v) is 6.03. The lowest BCUT2D eigenvalue weighted by molar-refractivity contribution is 0.195. The van der Waals surface area contributed by atoms with Gasteiger partial charge >= 0.3 is 0 Å². The van der Waals surface area contributed by atoms with Crippen molar-refractivity contribution >= 4 is 10.1 Å². The second-order valence-corrected chi connectivity index (χ2v) is 4.64. The van der Waals surface area contributed by atoms with Gasteiger partial charge in [-0.25, -0.2) is 0 Å². The molecule has 5 heteroatoms. The van der Waals surface area contributed by atoms with E-state index in [9.17, 15) is 8.42 Å². The van der Waals surface area contributed by atoms with Crippen molar-refractivity contribution in [1.29, 1.82) is 0 Å². The number of methoxy groups -OCH3 is 1. The van der Waals surface area contributed by atoms with Crippen LogP contribution >= 0.6 is 0 Å². The van der Waals surface area contributed by atoms with Crippen molar-refractivity contribution in [1.82, 2.24) is 0 Å². The molecule has 0 unspecified atom stereocenters. The summed E-state index contributed by atoms with van der Waals surface area (Å²) in [5, 5.41) is 0. The smallest absolute Gasteiger partial charge is 0.294 e. The molecule has 0 fully saturated rings. The van der Waals surface area contributed by atoms with Crippen molar-refractivity contribution in [2.75, 3.05) is 13.7 Å². The summed E-state index contributed by atoms with van der Waals surface area (Å²) in [5.41, 5.74) is 1.03. The van der Waals surface area contributed by atoms with Crippen molar-refractivity contribution in [3.63, 3.8) is 0 Å². The van der Waals surface area contributed by atoms with Gasteiger partial charge < -0.3 is 4.74 Å². The van der Waals surface area contributed by atoms with Gasteiger partial charge in [0.2, 0.25) is 0 Å². The highest BCUT2D eigenvalue weighted by Crippen LogP contribution is 2.11. The van der Waals surface area contributed by atoms with Crippen molar-refractivity contribution in [2.45, 2.75) is 17.7 Å². The molecule has 0 aliphatic carbocycles. The van der Waals surface area contributed by atoms with Crippen LogP contribution in [0.2, 0.25) is 0 Å². The van der Waals surface area contributed by atoms with Gasteiger partial charge in [-0.3, -0.25) is 4.55 Å². The zero-order valence-corrected chi connectivity index (χ0v) is 9.33. The van der Waals surface area contributed by atoms with E-state index >= 15 is 0 Å². The lowest BCUT2D eigenvalue weighted by Gasteiger charge is -2.02. The molecule has 1 aromatic carbocycles. The van der Waals surface area contributed by atoms with Crippen molar-refractivity contribution in [2.24, 2.45) is 0 Å². The minimum Gasteiger partial charge on any atom is -0.385 e. The summed E-state index contributed by atoms with van der Waals surface area (Å²) >= 11 is 0. The molecule has 1 N–H and O–H groups in total. The molecule has 4 nitrogen and oxygen atoms in total. The lowest BCUT2D eigenvalue weighted by atomic mass is 10.1. The van der Waals surface area contributed by atoms with Crippen LogP contribution in [0.15, 0.2) is 29.2 Å². The average Bonchev–Trinajstić information content (AvgIpc) is 2.18. The van der Waals surface area contributed by atoms with Gasteiger partial charge in [0.1, 0.15) is 0 Å². The quantitative estimate of drug-likeness (QED) is 0.615. The second-order valence-electron chi connectivity index (χ2n) is 3.22. The summed E-state index contributed by atoms with van der Waals surface area (Å²) in [4.78, 5) is -0.0713. The van der Waals surface area contributed by atoms with Gasteiger partial charge in [0.15, 0.2) is 0 Å². The van der Waals surface area contributed by atoms with Crippen LogP contribution in [0.3, 0.4) is 0 Å². The largest absolute Gasteiger partial charge is 0.385 e. The Labute approximate surface area is 89.6 Å². The van der Waals surface area contributed by atoms with E-state index in [4.69, 9.17) is 9.29 Å². The molecule has 0 spiro atoms. The van der Waals surface area contributed by atoms with E-state index < -0.39 is 10.1 Å². The molecule has 0 saturated carbocycles. The van der Waals surface area contributed by atoms with E-state index in [1.165, 1.54) is 12.1 Å². The molecular weight excluding hydrogens is 216 g/mol. The zero-order valence-electron chi connectivity index (χ0n) is 8.51. The van der Waals surface area contributed by atoms with Crippen LogP contribution in [0.4, 0.5) is 0 Å². The molecule has 0 amide bonds. The van der Waals surface area contributed by atoms with Gasteiger partial charge in [-0.2, -0.15) is 8.42 Å². The minimum absolute atomic E-state index is 0.0713. The highest BCUT2D eigenvalue weighted by molar-refractivity contribution is 7.85. The Kier molecular flexibility index (Phi) is 4.26. The van der Waals surface area contributed by atoms with Crippen LogP contribution < -0.4 is 0 Å². The third-order valence-corrected chi connectivity index (χ3v) is 2.90. The standard InChI is InChI=1S/C10H14O4S/c1-14-8-2-3-9-4-6-10(7-5-9)15(11,12)13/h4-7H,2-3,8H2,1H3,(H,11,12,13). The molecule has 0 aliphatic heterocycles. The van der Waals surface area contributed by atoms with Crippen molar-refractivity contribution < 1.29 is 17.7 Å². The maximum absolute atomic E-state index is 10.7. The predicted molar refractivity (Wildman–Crippen MR) is 56.5 cm³/mol. The molecule has 0 atom stereocenters. The Morgan fingerprint density at radius 3 is 2.33 bits per heavy atom. The molecule has 0 heterocycles. The molecule has 0 radical (unpaired) electrons. The second kappa shape index (κ2) is 5.25. The first-order chi connectivity index (χ1) is 7.04. The summed E-state index contributed by atoms with van der Waals surface area (Å²) in [6, 6.07) is 6.19. The number of aryl methyl sites for hydroxylation is 1. The molecule has 0 aromatic heterocycles. The van der Waals surface area contributed by atoms with E-state index in [1.54, 1.807) is 19.2 Å². The third-order valence-electron chi connectivity index (χ3n) is 2.04. The molecule has 84 valence electrons. The highest BCUT2D eigenvalue weighted by atomic mass is 32.2. The average molecular weight is 230 g/mol. The van der Waals surface area contributed by atoms with Gasteiger partial charge in [0.25, 0.3) is 10.1 Å². The normalized spacial score (nSPS) is 11.6. The van der Waals surface area contributed by atoms with Crippen LogP contribution in [0, 0.1) is 0 Å². The van der Waals surface area contributed by atoms with Gasteiger partial charge in [-0.1, -0.05) is 12.1 Å². The zero-order chi connectivity index (χ0) is 11.3. The van der Waals surface area contributed by atoms with E-state index in [1.807, 2.05) is 0 Å². The predicted octanol–water partition coefficient (Wildman–Crippen LogP) is 1.51. The number of benzene rings is 1. The number of ether oxygens (including phenoxy) is 1. The topological polar surface area (TPSA) is 63.6 Å². The molecule has 0 bridgehead atoms. The summed E-state index contributed by atoms with van der Waals surface area (Å²) in [5.74, 6) is 0. The van der Waals surface area contributed by atoms with E-state index in [0.717, 1.165) is 18.4 Å². The van der Waals surface area contributed by atoms with Gasteiger partial charge in [-0.05, 0) is 30.5 Å². The molecule has 0 aliphatic rings. The van der Waals surface area contributed by atoms with Crippen LogP contribution in [0.1, 0.15) is 12.0 Å². The first-order valence-electron chi connectivity index (χ1n) is 4.59. The monoisotopic (exact) mass is 230 g/mol. The lowest BCUT2D eigenvalue weighted by Crippen LogP contribution is -1.98. The maximum Gasteiger partial charge on any atom is 0.294 e. The Morgan fingerprint density at radius 2 is 1.87 bits per heavy atom. The van der Waals surface area contributed by atoms with Crippen LogP contribution in [-0.2, 0) is 21.3 Å². The summed E-state index contributed by atoms with van der Waals surface area (Å²) in [7, 11) is -2.43. The number of hydrogen-bond acceptors (Lipinski definition) is 3. The Balaban J connectivity index is 2.65.